The number of benzene rings is 1. The van der Waals surface area contributed by atoms with Crippen molar-refractivity contribution in [2.24, 2.45) is 0 Å². The summed E-state index contributed by atoms with van der Waals surface area (Å²) in [6, 6.07) is 10.0. The molecule has 0 radical (unpaired) electrons. The van der Waals surface area contributed by atoms with Crippen molar-refractivity contribution in [1.82, 2.24) is 35.0 Å². The number of aromatic nitrogens is 7. The van der Waals surface area contributed by atoms with E-state index in [4.69, 9.17) is 5.11 Å². The number of non-ortho nitro benzene ring substituents is 1. The third kappa shape index (κ3) is 4.30. The monoisotopic (exact) mass is 392 g/mol. The van der Waals surface area contributed by atoms with Gasteiger partial charge in [0.1, 0.15) is 11.4 Å². The molecule has 0 saturated heterocycles. The van der Waals surface area contributed by atoms with Crippen LogP contribution in [0.3, 0.4) is 0 Å². The minimum Gasteiger partial charge on any atom is -0.390 e. The third-order valence-corrected chi connectivity index (χ3v) is 4.22. The highest BCUT2D eigenvalue weighted by Gasteiger charge is 2.09. The molecule has 1 aromatic carbocycles. The van der Waals surface area contributed by atoms with Gasteiger partial charge >= 0.3 is 0 Å². The second kappa shape index (κ2) is 7.94. The molecule has 0 aliphatic carbocycles. The molecule has 0 spiro atoms. The first-order valence-electron chi connectivity index (χ1n) is 8.69. The van der Waals surface area contributed by atoms with E-state index in [0.29, 0.717) is 24.5 Å². The molecule has 146 valence electrons. The molecule has 3 heterocycles. The van der Waals surface area contributed by atoms with Crippen molar-refractivity contribution >= 4 is 5.69 Å². The average molecular weight is 392 g/mol. The first-order chi connectivity index (χ1) is 14.1. The molecule has 0 aliphatic heterocycles. The molecule has 0 saturated carbocycles. The standard InChI is InChI=1S/C18H16N8O3/c27-12-16-10-25(22-20-16)9-15-4-1-13(7-19-15)8-24-11-18(21-23-24)14-2-5-17(6-3-14)26(28)29/h1-7,10-11,27H,8-9,12H2. The number of nitro benzene ring substituents is 1. The highest BCUT2D eigenvalue weighted by molar-refractivity contribution is 5.59. The van der Waals surface area contributed by atoms with Crippen LogP contribution < -0.4 is 0 Å². The largest absolute Gasteiger partial charge is 0.390 e. The minimum absolute atomic E-state index is 0.0331. The summed E-state index contributed by atoms with van der Waals surface area (Å²) in [6.45, 7) is 0.804. The normalized spacial score (nSPS) is 10.9. The summed E-state index contributed by atoms with van der Waals surface area (Å²) in [5.41, 5.74) is 3.69. The maximum Gasteiger partial charge on any atom is 0.269 e. The number of nitrogens with zero attached hydrogens (tertiary/aromatic N) is 8. The molecule has 3 aromatic heterocycles. The zero-order valence-electron chi connectivity index (χ0n) is 15.2. The second-order valence-corrected chi connectivity index (χ2v) is 6.33. The fraction of sp³-hybridized carbons (Fsp3) is 0.167. The first-order valence-corrected chi connectivity index (χ1v) is 8.69. The molecular weight excluding hydrogens is 376 g/mol. The van der Waals surface area contributed by atoms with Crippen LogP contribution in [0.15, 0.2) is 55.0 Å². The van der Waals surface area contributed by atoms with Crippen molar-refractivity contribution in [3.8, 4) is 11.3 Å². The summed E-state index contributed by atoms with van der Waals surface area (Å²) in [5.74, 6) is 0. The van der Waals surface area contributed by atoms with Crippen LogP contribution in [0.1, 0.15) is 17.0 Å². The topological polar surface area (TPSA) is 138 Å². The predicted molar refractivity (Wildman–Crippen MR) is 100 cm³/mol. The van der Waals surface area contributed by atoms with Gasteiger partial charge in [-0.1, -0.05) is 16.5 Å². The number of hydrogen-bond donors (Lipinski definition) is 1. The maximum atomic E-state index is 10.7. The van der Waals surface area contributed by atoms with Crippen molar-refractivity contribution in [1.29, 1.82) is 0 Å². The second-order valence-electron chi connectivity index (χ2n) is 6.33. The van der Waals surface area contributed by atoms with E-state index < -0.39 is 4.92 Å². The van der Waals surface area contributed by atoms with E-state index in [-0.39, 0.29) is 12.3 Å². The van der Waals surface area contributed by atoms with Crippen LogP contribution in [0, 0.1) is 10.1 Å². The average Bonchev–Trinajstić information content (AvgIpc) is 3.39. The Morgan fingerprint density at radius 1 is 0.931 bits per heavy atom. The number of nitro groups is 1. The summed E-state index contributed by atoms with van der Waals surface area (Å²) in [7, 11) is 0. The molecule has 1 N–H and O–H groups in total. The van der Waals surface area contributed by atoms with Gasteiger partial charge in [-0.2, -0.15) is 0 Å². The molecule has 11 nitrogen and oxygen atoms in total. The summed E-state index contributed by atoms with van der Waals surface area (Å²) >= 11 is 0. The Hall–Kier alpha value is -3.99. The lowest BCUT2D eigenvalue weighted by Crippen LogP contribution is -2.05. The Morgan fingerprint density at radius 2 is 1.69 bits per heavy atom. The Morgan fingerprint density at radius 3 is 2.34 bits per heavy atom. The van der Waals surface area contributed by atoms with Crippen molar-refractivity contribution in [2.75, 3.05) is 0 Å². The van der Waals surface area contributed by atoms with E-state index in [1.165, 1.54) is 12.1 Å². The van der Waals surface area contributed by atoms with Gasteiger partial charge in [0.15, 0.2) is 0 Å². The molecule has 0 aliphatic rings. The van der Waals surface area contributed by atoms with Crippen molar-refractivity contribution in [3.63, 3.8) is 0 Å². The smallest absolute Gasteiger partial charge is 0.269 e. The van der Waals surface area contributed by atoms with Gasteiger partial charge in [0.25, 0.3) is 5.69 Å². The summed E-state index contributed by atoms with van der Waals surface area (Å²) in [4.78, 5) is 14.7. The number of aliphatic hydroxyl groups is 1. The third-order valence-electron chi connectivity index (χ3n) is 4.22. The molecule has 11 heteroatoms. The van der Waals surface area contributed by atoms with Gasteiger partial charge in [0, 0.05) is 23.9 Å². The summed E-state index contributed by atoms with van der Waals surface area (Å²) in [6.07, 6.45) is 5.21. The minimum atomic E-state index is -0.439. The van der Waals surface area contributed by atoms with E-state index in [2.05, 4.69) is 25.6 Å². The fourth-order valence-corrected chi connectivity index (χ4v) is 2.75. The van der Waals surface area contributed by atoms with E-state index >= 15 is 0 Å². The molecule has 0 fully saturated rings. The predicted octanol–water partition coefficient (Wildman–Crippen LogP) is 1.43. The van der Waals surface area contributed by atoms with Gasteiger partial charge in [-0.05, 0) is 23.8 Å². The van der Waals surface area contributed by atoms with Crippen molar-refractivity contribution in [2.45, 2.75) is 19.7 Å². The Balaban J connectivity index is 1.41. The molecule has 0 bridgehead atoms. The number of pyridine rings is 1. The fourth-order valence-electron chi connectivity index (χ4n) is 2.75. The highest BCUT2D eigenvalue weighted by atomic mass is 16.6. The van der Waals surface area contributed by atoms with Crippen molar-refractivity contribution < 1.29 is 10.0 Å². The van der Waals surface area contributed by atoms with Gasteiger partial charge in [-0.15, -0.1) is 10.2 Å². The van der Waals surface area contributed by atoms with Crippen LogP contribution in [0.25, 0.3) is 11.3 Å². The number of rotatable bonds is 7. The van der Waals surface area contributed by atoms with E-state index in [0.717, 1.165) is 16.8 Å². The van der Waals surface area contributed by atoms with Gasteiger partial charge < -0.3 is 5.11 Å². The summed E-state index contributed by atoms with van der Waals surface area (Å²) < 4.78 is 3.29. The van der Waals surface area contributed by atoms with Crippen LogP contribution >= 0.6 is 0 Å². The van der Waals surface area contributed by atoms with Gasteiger partial charge in [0.2, 0.25) is 0 Å². The molecule has 0 atom stereocenters. The molecule has 29 heavy (non-hydrogen) atoms. The van der Waals surface area contributed by atoms with Gasteiger partial charge in [-0.3, -0.25) is 15.1 Å². The van der Waals surface area contributed by atoms with Gasteiger partial charge in [-0.25, -0.2) is 9.36 Å². The Bertz CT molecular complexity index is 1120. The SMILES string of the molecule is O=[N+]([O-])c1ccc(-c2cn(Cc3ccc(Cn4cc(CO)nn4)nc3)nn2)cc1. The molecular formula is C18H16N8O3. The van der Waals surface area contributed by atoms with Crippen molar-refractivity contribution in [3.05, 3.63) is 82.1 Å². The maximum absolute atomic E-state index is 10.7. The van der Waals surface area contributed by atoms with Crippen LogP contribution in [0.5, 0.6) is 0 Å². The first kappa shape index (κ1) is 18.4. The molecule has 0 amide bonds. The zero-order valence-corrected chi connectivity index (χ0v) is 15.2. The zero-order chi connectivity index (χ0) is 20.2. The summed E-state index contributed by atoms with van der Waals surface area (Å²) in [5, 5.41) is 35.8. The van der Waals surface area contributed by atoms with E-state index in [1.807, 2.05) is 12.1 Å². The van der Waals surface area contributed by atoms with Crippen LogP contribution in [-0.2, 0) is 19.7 Å². The van der Waals surface area contributed by atoms with E-state index in [1.54, 1.807) is 40.1 Å². The number of aliphatic hydroxyl groups excluding tert-OH is 1. The van der Waals surface area contributed by atoms with Crippen LogP contribution in [-0.4, -0.2) is 45.0 Å². The lowest BCUT2D eigenvalue weighted by atomic mass is 10.1. The Labute approximate surface area is 164 Å². The molecule has 4 rings (SSSR count). The highest BCUT2D eigenvalue weighted by Crippen LogP contribution is 2.20. The van der Waals surface area contributed by atoms with Crippen LogP contribution in [0.2, 0.25) is 0 Å². The molecule has 0 unspecified atom stereocenters. The lowest BCUT2D eigenvalue weighted by Gasteiger charge is -2.03. The van der Waals surface area contributed by atoms with E-state index in [9.17, 15) is 10.1 Å². The lowest BCUT2D eigenvalue weighted by molar-refractivity contribution is -0.384. The Kier molecular flexibility index (Phi) is 5.03. The quantitative estimate of drug-likeness (QED) is 0.368. The van der Waals surface area contributed by atoms with Crippen LogP contribution in [0.4, 0.5) is 5.69 Å². The number of hydrogen-bond acceptors (Lipinski definition) is 8. The molecule has 4 aromatic rings. The van der Waals surface area contributed by atoms with Gasteiger partial charge in [0.05, 0.1) is 42.7 Å².